The van der Waals surface area contributed by atoms with Crippen molar-refractivity contribution >= 4 is 6.09 Å². The first-order chi connectivity index (χ1) is 8.40. The highest BCUT2D eigenvalue weighted by Crippen LogP contribution is 2.38. The van der Waals surface area contributed by atoms with Crippen LogP contribution in [0.4, 0.5) is 4.79 Å². The van der Waals surface area contributed by atoms with Gasteiger partial charge >= 0.3 is 6.09 Å². The Balaban J connectivity index is 1.98. The summed E-state index contributed by atoms with van der Waals surface area (Å²) in [6.07, 6.45) is -0.913. The largest absolute Gasteiger partial charge is 0.442 e. The SMILES string of the molecule is CC(C)(C)OC(=O)N1O[C@@H]1c1ccc(C#N)cc1. The number of carbonyl (C=O) groups excluding carboxylic acids is 1. The smallest absolute Gasteiger partial charge is 0.437 e. The molecule has 5 nitrogen and oxygen atoms in total. The maximum atomic E-state index is 11.7. The second-order valence-electron chi connectivity index (χ2n) is 5.00. The van der Waals surface area contributed by atoms with Crippen LogP contribution in [0.1, 0.15) is 38.1 Å². The quantitative estimate of drug-likeness (QED) is 0.714. The summed E-state index contributed by atoms with van der Waals surface area (Å²) in [5.74, 6) is 0. The summed E-state index contributed by atoms with van der Waals surface area (Å²) in [5.41, 5.74) is 0.848. The average molecular weight is 246 g/mol. The zero-order chi connectivity index (χ0) is 13.3. The first kappa shape index (κ1) is 12.4. The maximum absolute atomic E-state index is 11.7. The van der Waals surface area contributed by atoms with Crippen molar-refractivity contribution in [1.29, 1.82) is 5.26 Å². The predicted octanol–water partition coefficient (Wildman–Crippen LogP) is 2.74. The summed E-state index contributed by atoms with van der Waals surface area (Å²) in [5, 5.41) is 9.86. The van der Waals surface area contributed by atoms with Crippen molar-refractivity contribution in [2.45, 2.75) is 32.6 Å². The van der Waals surface area contributed by atoms with E-state index in [0.29, 0.717) is 5.56 Å². The van der Waals surface area contributed by atoms with Crippen LogP contribution >= 0.6 is 0 Å². The van der Waals surface area contributed by atoms with E-state index in [1.165, 1.54) is 5.06 Å². The summed E-state index contributed by atoms with van der Waals surface area (Å²) in [6.45, 7) is 5.39. The molecule has 1 aliphatic heterocycles. The van der Waals surface area contributed by atoms with Crippen LogP contribution in [0.3, 0.4) is 0 Å². The van der Waals surface area contributed by atoms with E-state index in [0.717, 1.165) is 5.56 Å². The molecule has 1 saturated heterocycles. The molecule has 1 fully saturated rings. The number of amides is 1. The zero-order valence-electron chi connectivity index (χ0n) is 10.5. The van der Waals surface area contributed by atoms with Crippen LogP contribution in [-0.4, -0.2) is 16.8 Å². The molecular weight excluding hydrogens is 232 g/mol. The van der Waals surface area contributed by atoms with E-state index in [9.17, 15) is 4.79 Å². The van der Waals surface area contributed by atoms with Crippen molar-refractivity contribution in [1.82, 2.24) is 5.06 Å². The molecule has 1 aliphatic rings. The van der Waals surface area contributed by atoms with Crippen molar-refractivity contribution in [3.63, 3.8) is 0 Å². The molecule has 2 rings (SSSR count). The zero-order valence-corrected chi connectivity index (χ0v) is 10.5. The number of nitriles is 1. The molecule has 18 heavy (non-hydrogen) atoms. The van der Waals surface area contributed by atoms with Gasteiger partial charge in [0.05, 0.1) is 11.6 Å². The second kappa shape index (κ2) is 4.31. The number of hydroxylamine groups is 2. The lowest BCUT2D eigenvalue weighted by molar-refractivity contribution is 0.0209. The minimum Gasteiger partial charge on any atom is -0.442 e. The van der Waals surface area contributed by atoms with Gasteiger partial charge in [-0.15, -0.1) is 5.06 Å². The Morgan fingerprint density at radius 3 is 2.50 bits per heavy atom. The minimum absolute atomic E-state index is 0.410. The summed E-state index contributed by atoms with van der Waals surface area (Å²) in [4.78, 5) is 16.8. The molecular formula is C13H14N2O3. The van der Waals surface area contributed by atoms with Crippen molar-refractivity contribution in [3.05, 3.63) is 35.4 Å². The molecule has 0 radical (unpaired) electrons. The Hall–Kier alpha value is -2.06. The maximum Gasteiger partial charge on any atom is 0.437 e. The van der Waals surface area contributed by atoms with Crippen LogP contribution < -0.4 is 0 Å². The second-order valence-corrected chi connectivity index (χ2v) is 5.00. The van der Waals surface area contributed by atoms with Crippen molar-refractivity contribution in [2.75, 3.05) is 0 Å². The van der Waals surface area contributed by atoms with Crippen LogP contribution in [0, 0.1) is 11.3 Å². The van der Waals surface area contributed by atoms with Crippen LogP contribution in [0.25, 0.3) is 0 Å². The minimum atomic E-state index is -0.543. The molecule has 5 heteroatoms. The standard InChI is InChI=1S/C13H14N2O3/c1-13(2,3)17-12(16)15-11(18-15)10-6-4-9(8-14)5-7-10/h4-7,11H,1-3H3/t11-,15?/m1/s1. The van der Waals surface area contributed by atoms with Crippen LogP contribution in [0.15, 0.2) is 24.3 Å². The van der Waals surface area contributed by atoms with Gasteiger partial charge in [-0.25, -0.2) is 9.63 Å². The molecule has 1 aromatic carbocycles. The lowest BCUT2D eigenvalue weighted by atomic mass is 10.1. The van der Waals surface area contributed by atoms with E-state index in [1.54, 1.807) is 45.0 Å². The predicted molar refractivity (Wildman–Crippen MR) is 63.1 cm³/mol. The normalized spacial score (nSPS) is 18.1. The van der Waals surface area contributed by atoms with Crippen molar-refractivity contribution in [2.24, 2.45) is 0 Å². The fraction of sp³-hybridized carbons (Fsp3) is 0.385. The topological polar surface area (TPSA) is 65.6 Å². The van der Waals surface area contributed by atoms with Crippen molar-refractivity contribution in [3.8, 4) is 6.07 Å². The van der Waals surface area contributed by atoms with Gasteiger partial charge in [0, 0.05) is 5.56 Å². The molecule has 94 valence electrons. The van der Waals surface area contributed by atoms with E-state index >= 15 is 0 Å². The van der Waals surface area contributed by atoms with E-state index in [-0.39, 0.29) is 0 Å². The Morgan fingerprint density at radius 1 is 1.39 bits per heavy atom. The van der Waals surface area contributed by atoms with Crippen LogP contribution in [0.2, 0.25) is 0 Å². The fourth-order valence-electron chi connectivity index (χ4n) is 1.44. The number of rotatable bonds is 1. The van der Waals surface area contributed by atoms with Gasteiger partial charge in [0.2, 0.25) is 6.23 Å². The van der Waals surface area contributed by atoms with Gasteiger partial charge in [-0.3, -0.25) is 0 Å². The first-order valence-electron chi connectivity index (χ1n) is 5.60. The molecule has 0 unspecified atom stereocenters. The molecule has 1 heterocycles. The van der Waals surface area contributed by atoms with Gasteiger partial charge in [0.15, 0.2) is 0 Å². The van der Waals surface area contributed by atoms with Gasteiger partial charge in [-0.1, -0.05) is 12.1 Å². The third-order valence-electron chi connectivity index (χ3n) is 2.28. The number of ether oxygens (including phenoxy) is 1. The number of hydrogen-bond acceptors (Lipinski definition) is 4. The van der Waals surface area contributed by atoms with Crippen LogP contribution in [0.5, 0.6) is 0 Å². The molecule has 0 aliphatic carbocycles. The van der Waals surface area contributed by atoms with Gasteiger partial charge in [0.1, 0.15) is 5.60 Å². The third-order valence-corrected chi connectivity index (χ3v) is 2.28. The summed E-state index contributed by atoms with van der Waals surface area (Å²) in [7, 11) is 0. The highest BCUT2D eigenvalue weighted by Gasteiger charge is 2.45. The molecule has 1 aromatic rings. The number of benzene rings is 1. The fourth-order valence-corrected chi connectivity index (χ4v) is 1.44. The molecule has 1 atom stereocenters. The Kier molecular flexibility index (Phi) is 2.97. The van der Waals surface area contributed by atoms with Gasteiger partial charge in [-0.2, -0.15) is 5.26 Å². The molecule has 0 bridgehead atoms. The first-order valence-corrected chi connectivity index (χ1v) is 5.60. The monoisotopic (exact) mass is 246 g/mol. The molecule has 0 spiro atoms. The lowest BCUT2D eigenvalue weighted by Crippen LogP contribution is -2.27. The molecule has 0 N–H and O–H groups in total. The average Bonchev–Trinajstić information content (AvgIpc) is 3.07. The van der Waals surface area contributed by atoms with Gasteiger partial charge in [0.25, 0.3) is 0 Å². The van der Waals surface area contributed by atoms with Crippen LogP contribution in [-0.2, 0) is 9.57 Å². The number of carbonyl (C=O) groups is 1. The van der Waals surface area contributed by atoms with Crippen molar-refractivity contribution < 1.29 is 14.4 Å². The van der Waals surface area contributed by atoms with E-state index in [1.807, 2.05) is 6.07 Å². The lowest BCUT2D eigenvalue weighted by Gasteiger charge is -2.18. The van der Waals surface area contributed by atoms with E-state index in [2.05, 4.69) is 0 Å². The highest BCUT2D eigenvalue weighted by atomic mass is 16.9. The summed E-state index contributed by atoms with van der Waals surface area (Å²) < 4.78 is 5.17. The third kappa shape index (κ3) is 2.79. The molecule has 1 amide bonds. The summed E-state index contributed by atoms with van der Waals surface area (Å²) >= 11 is 0. The number of hydrogen-bond donors (Lipinski definition) is 0. The summed E-state index contributed by atoms with van der Waals surface area (Å²) in [6, 6.07) is 8.92. The molecule has 0 aromatic heterocycles. The molecule has 0 saturated carbocycles. The van der Waals surface area contributed by atoms with E-state index in [4.69, 9.17) is 14.8 Å². The highest BCUT2D eigenvalue weighted by molar-refractivity contribution is 5.69. The van der Waals surface area contributed by atoms with Gasteiger partial charge in [-0.05, 0) is 32.9 Å². The van der Waals surface area contributed by atoms with Gasteiger partial charge < -0.3 is 4.74 Å². The van der Waals surface area contributed by atoms with E-state index < -0.39 is 17.9 Å². The Labute approximate surface area is 105 Å². The number of nitrogens with zero attached hydrogens (tertiary/aromatic N) is 2. The Bertz CT molecular complexity index is 496. The Morgan fingerprint density at radius 2 is 2.00 bits per heavy atom.